The van der Waals surface area contributed by atoms with Crippen LogP contribution < -0.4 is 9.47 Å². The first-order valence-corrected chi connectivity index (χ1v) is 24.5. The van der Waals surface area contributed by atoms with Crippen LogP contribution >= 0.6 is 0 Å². The molecule has 0 bridgehead atoms. The van der Waals surface area contributed by atoms with Crippen molar-refractivity contribution >= 4 is 11.9 Å². The molecule has 364 valence electrons. The molecule has 2 aromatic heterocycles. The van der Waals surface area contributed by atoms with Gasteiger partial charge in [0.25, 0.3) is 11.8 Å². The summed E-state index contributed by atoms with van der Waals surface area (Å²) in [6.45, 7) is 11.3. The Labute approximate surface area is 411 Å². The minimum atomic E-state index is -0.785. The van der Waals surface area contributed by atoms with E-state index in [1.807, 2.05) is 56.9 Å². The minimum Gasteiger partial charge on any atom is -0.490 e. The maximum atomic E-state index is 11.2. The molecule has 0 radical (unpaired) electrons. The van der Waals surface area contributed by atoms with Gasteiger partial charge in [-0.1, -0.05) is 46.7 Å². The maximum Gasteiger partial charge on any atom is 0.317 e. The lowest BCUT2D eigenvalue weighted by molar-refractivity contribution is -0.147. The van der Waals surface area contributed by atoms with E-state index >= 15 is 0 Å². The lowest BCUT2D eigenvalue weighted by Crippen LogP contribution is -2.47. The van der Waals surface area contributed by atoms with Crippen molar-refractivity contribution in [3.05, 3.63) is 106 Å². The van der Waals surface area contributed by atoms with Gasteiger partial charge in [0.2, 0.25) is 11.6 Å². The smallest absolute Gasteiger partial charge is 0.317 e. The van der Waals surface area contributed by atoms with Crippen LogP contribution in [0.15, 0.2) is 81.8 Å². The number of hydrogen-bond acceptors (Lipinski definition) is 14. The third-order valence-electron chi connectivity index (χ3n) is 15.1. The van der Waals surface area contributed by atoms with Crippen molar-refractivity contribution in [1.82, 2.24) is 30.1 Å². The van der Waals surface area contributed by atoms with Crippen LogP contribution in [-0.4, -0.2) is 103 Å². The maximum absolute atomic E-state index is 11.2. The molecular formula is C55H56N8O8. The van der Waals surface area contributed by atoms with E-state index in [0.29, 0.717) is 63.2 Å². The molecule has 6 aromatic rings. The zero-order valence-electron chi connectivity index (χ0n) is 40.4. The van der Waals surface area contributed by atoms with E-state index in [-0.39, 0.29) is 35.5 Å². The predicted octanol–water partition coefficient (Wildman–Crippen LogP) is 8.85. The van der Waals surface area contributed by atoms with Gasteiger partial charge in [0.15, 0.2) is 0 Å². The molecule has 3 fully saturated rings. The number of benzene rings is 4. The number of aliphatic carboxylic acids is 2. The van der Waals surface area contributed by atoms with Crippen molar-refractivity contribution in [1.29, 1.82) is 10.5 Å². The van der Waals surface area contributed by atoms with E-state index in [9.17, 15) is 30.3 Å². The topological polar surface area (TPSA) is 225 Å². The van der Waals surface area contributed by atoms with Gasteiger partial charge in [0, 0.05) is 52.2 Å². The first-order valence-electron chi connectivity index (χ1n) is 24.5. The molecule has 11 rings (SSSR count). The van der Waals surface area contributed by atoms with Crippen LogP contribution in [0.1, 0.15) is 99.6 Å². The van der Waals surface area contributed by atoms with Crippen LogP contribution in [0.25, 0.3) is 45.7 Å². The number of aromatic nitrogens is 4. The molecule has 2 unspecified atom stereocenters. The van der Waals surface area contributed by atoms with Gasteiger partial charge in [0.05, 0.1) is 35.8 Å². The predicted molar refractivity (Wildman–Crippen MR) is 260 cm³/mol. The van der Waals surface area contributed by atoms with Gasteiger partial charge in [-0.25, -0.2) is 0 Å². The Morgan fingerprint density at radius 1 is 0.718 bits per heavy atom. The lowest BCUT2D eigenvalue weighted by atomic mass is 9.78. The Kier molecular flexibility index (Phi) is 12.7. The van der Waals surface area contributed by atoms with E-state index in [2.05, 4.69) is 56.6 Å². The average Bonchev–Trinajstić information content (AvgIpc) is 4.21. The molecule has 3 aliphatic carbocycles. The second-order valence-corrected chi connectivity index (χ2v) is 20.3. The summed E-state index contributed by atoms with van der Waals surface area (Å²) in [4.78, 5) is 36.3. The number of hydrogen-bond donors (Lipinski definition) is 2. The summed E-state index contributed by atoms with van der Waals surface area (Å²) in [5.74, 6) is 1.24. The zero-order chi connectivity index (χ0) is 49.6. The van der Waals surface area contributed by atoms with E-state index in [4.69, 9.17) is 23.5 Å². The number of carboxylic acids is 2. The number of carbonyl (C=O) groups is 2. The van der Waals surface area contributed by atoms with E-state index in [0.717, 1.165) is 88.7 Å². The van der Waals surface area contributed by atoms with Crippen LogP contribution in [-0.2, 0) is 33.3 Å². The lowest BCUT2D eigenvalue weighted by Gasteiger charge is -2.40. The molecule has 4 aromatic carbocycles. The second-order valence-electron chi connectivity index (χ2n) is 20.3. The normalized spacial score (nSPS) is 22.2. The highest BCUT2D eigenvalue weighted by molar-refractivity contribution is 5.72. The first kappa shape index (κ1) is 47.3. The Hall–Kier alpha value is -7.40. The molecule has 0 amide bonds. The molecule has 2 aliphatic heterocycles. The highest BCUT2D eigenvalue weighted by atomic mass is 16.5. The number of ether oxygens (including phenoxy) is 2. The van der Waals surface area contributed by atoms with Gasteiger partial charge in [-0.3, -0.25) is 19.4 Å². The van der Waals surface area contributed by atoms with Gasteiger partial charge >= 0.3 is 11.9 Å². The summed E-state index contributed by atoms with van der Waals surface area (Å²) >= 11 is 0. The van der Waals surface area contributed by atoms with Crippen LogP contribution in [0.3, 0.4) is 0 Å². The summed E-state index contributed by atoms with van der Waals surface area (Å²) in [5.41, 5.74) is 9.37. The highest BCUT2D eigenvalue weighted by Gasteiger charge is 2.49. The van der Waals surface area contributed by atoms with E-state index in [1.165, 1.54) is 22.3 Å². The van der Waals surface area contributed by atoms with Crippen molar-refractivity contribution in [3.63, 3.8) is 0 Å². The Balaban J connectivity index is 0.000000165. The van der Waals surface area contributed by atoms with Crippen molar-refractivity contribution in [3.8, 4) is 69.3 Å². The fraction of sp³-hybridized carbons (Fsp3) is 0.418. The van der Waals surface area contributed by atoms with Crippen LogP contribution in [0, 0.1) is 28.6 Å². The molecule has 16 nitrogen and oxygen atoms in total. The Bertz CT molecular complexity index is 3110. The third-order valence-corrected chi connectivity index (χ3v) is 15.1. The summed E-state index contributed by atoms with van der Waals surface area (Å²) in [6, 6.07) is 27.9. The largest absolute Gasteiger partial charge is 0.490 e. The quantitative estimate of drug-likeness (QED) is 0.117. The summed E-state index contributed by atoms with van der Waals surface area (Å²) in [5, 5.41) is 46.1. The Morgan fingerprint density at radius 2 is 1.23 bits per heavy atom. The number of likely N-dealkylation sites (tertiary alicyclic amines) is 2. The Morgan fingerprint density at radius 3 is 1.70 bits per heavy atom. The van der Waals surface area contributed by atoms with Crippen LogP contribution in [0.5, 0.6) is 11.5 Å². The molecule has 2 N–H and O–H groups in total. The molecule has 2 spiro atoms. The second kappa shape index (κ2) is 19.1. The van der Waals surface area contributed by atoms with Gasteiger partial charge in [-0.2, -0.15) is 20.5 Å². The standard InChI is InChI=1S/C29H30N4O4.C26H26N4O4/c1-17(2)36-25-7-6-18(12-20(25)15-30)27-31-26(32-37-27)23-4-3-5-24-22(23)8-9-29(24)10-11-33(16-29)21-13-19(14-21)28(34)35;1-16(2)33-22-7-6-17(12-18(22)13-27)25-28-24(29-34-25)20-4-3-5-21-19(20)8-9-26(21)10-11-30(15-26)14-23(31)32/h3-7,12,17,19,21H,8-11,13-14,16H2,1-2H3,(H,34,35);3-7,12,16H,8-11,14-15H2,1-2H3,(H,31,32). The molecule has 2 atom stereocenters. The van der Waals surface area contributed by atoms with Gasteiger partial charge in [-0.15, -0.1) is 0 Å². The van der Waals surface area contributed by atoms with E-state index in [1.54, 1.807) is 24.3 Å². The molecular weight excluding hydrogens is 901 g/mol. The average molecular weight is 957 g/mol. The molecule has 71 heavy (non-hydrogen) atoms. The number of nitrogens with zero attached hydrogens (tertiary/aromatic N) is 8. The minimum absolute atomic E-state index is 0.0126. The van der Waals surface area contributed by atoms with Crippen LogP contribution in [0.2, 0.25) is 0 Å². The summed E-state index contributed by atoms with van der Waals surface area (Å²) < 4.78 is 22.6. The SMILES string of the molecule is CC(C)Oc1ccc(-c2nc(-c3cccc4c3CCC43CCN(C4CC(C(=O)O)C4)C3)no2)cc1C#N.CC(C)Oc1ccc(-c2nc(-c3cccc4c3CCC43CCN(CC(=O)O)C3)no2)cc1C#N. The van der Waals surface area contributed by atoms with Gasteiger partial charge < -0.3 is 28.7 Å². The fourth-order valence-corrected chi connectivity index (χ4v) is 11.7. The van der Waals surface area contributed by atoms with Gasteiger partial charge in [-0.05, 0) is 151 Å². The molecule has 2 saturated heterocycles. The van der Waals surface area contributed by atoms with Crippen molar-refractivity contribution < 1.29 is 38.3 Å². The number of fused-ring (bicyclic) bond motifs is 4. The third kappa shape index (κ3) is 9.14. The van der Waals surface area contributed by atoms with Crippen molar-refractivity contribution in [2.24, 2.45) is 5.92 Å². The molecule has 16 heteroatoms. The first-order chi connectivity index (χ1) is 34.2. The summed E-state index contributed by atoms with van der Waals surface area (Å²) in [6.07, 6.45) is 7.45. The van der Waals surface area contributed by atoms with Crippen molar-refractivity contribution in [2.75, 3.05) is 32.7 Å². The monoisotopic (exact) mass is 956 g/mol. The number of nitriles is 2. The van der Waals surface area contributed by atoms with Crippen LogP contribution in [0.4, 0.5) is 0 Å². The molecule has 5 aliphatic rings. The molecule has 4 heterocycles. The van der Waals surface area contributed by atoms with E-state index < -0.39 is 11.9 Å². The highest BCUT2D eigenvalue weighted by Crippen LogP contribution is 2.51. The fourth-order valence-electron chi connectivity index (χ4n) is 11.7. The number of rotatable bonds is 12. The summed E-state index contributed by atoms with van der Waals surface area (Å²) in [7, 11) is 0. The molecule has 1 saturated carbocycles. The number of carboxylic acid groups (broad SMARTS) is 2. The van der Waals surface area contributed by atoms with Crippen molar-refractivity contribution in [2.45, 2.75) is 108 Å². The van der Waals surface area contributed by atoms with Gasteiger partial charge in [0.1, 0.15) is 23.6 Å². The zero-order valence-corrected chi connectivity index (χ0v) is 40.4.